The summed E-state index contributed by atoms with van der Waals surface area (Å²) in [5.74, 6) is -1.21. The molecular formula is C62H111NO10. The summed E-state index contributed by atoms with van der Waals surface area (Å²) >= 11 is 0. The van der Waals surface area contributed by atoms with Gasteiger partial charge in [0.2, 0.25) is 5.91 Å². The zero-order chi connectivity index (χ0) is 53.3. The van der Waals surface area contributed by atoms with Crippen LogP contribution in [0.1, 0.15) is 258 Å². The van der Waals surface area contributed by atoms with E-state index in [1.807, 2.05) is 6.08 Å². The van der Waals surface area contributed by atoms with Crippen molar-refractivity contribution in [1.29, 1.82) is 0 Å². The molecule has 1 saturated heterocycles. The fourth-order valence-electron chi connectivity index (χ4n) is 9.13. The number of esters is 1. The number of allylic oxidation sites excluding steroid dienone is 9. The van der Waals surface area contributed by atoms with Crippen LogP contribution in [0.2, 0.25) is 0 Å². The second kappa shape index (κ2) is 50.2. The van der Waals surface area contributed by atoms with Gasteiger partial charge in [-0.1, -0.05) is 229 Å². The number of carbonyl (C=O) groups excluding carboxylic acids is 2. The van der Waals surface area contributed by atoms with Crippen LogP contribution >= 0.6 is 0 Å². The Morgan fingerprint density at radius 1 is 0.548 bits per heavy atom. The molecule has 8 unspecified atom stereocenters. The SMILES string of the molecule is CC/C=C/C/C=C/CCCCCCCCCC(=O)OC1C(OCC(NC(=O)C(O)CCCCCCCCCC/C=C\C/C=C\CCCCC)C(O)/C=C/CCCCCCCCCCCC)OC(CO)C(O)C1O. The lowest BCUT2D eigenvalue weighted by Gasteiger charge is -2.41. The van der Waals surface area contributed by atoms with E-state index in [-0.39, 0.29) is 19.4 Å². The normalized spacial score (nSPS) is 19.8. The highest BCUT2D eigenvalue weighted by Crippen LogP contribution is 2.26. The van der Waals surface area contributed by atoms with Crippen LogP contribution in [0.5, 0.6) is 0 Å². The maximum absolute atomic E-state index is 13.4. The number of hydrogen-bond acceptors (Lipinski definition) is 10. The van der Waals surface area contributed by atoms with Gasteiger partial charge in [-0.3, -0.25) is 9.59 Å². The van der Waals surface area contributed by atoms with Crippen molar-refractivity contribution in [1.82, 2.24) is 5.32 Å². The van der Waals surface area contributed by atoms with Gasteiger partial charge in [0.25, 0.3) is 0 Å². The first kappa shape index (κ1) is 68.4. The number of nitrogens with one attached hydrogen (secondary N) is 1. The van der Waals surface area contributed by atoms with Crippen LogP contribution in [-0.2, 0) is 23.8 Å². The van der Waals surface area contributed by atoms with Gasteiger partial charge in [-0.15, -0.1) is 0 Å². The van der Waals surface area contributed by atoms with E-state index in [2.05, 4.69) is 74.7 Å². The van der Waals surface area contributed by atoms with Gasteiger partial charge >= 0.3 is 5.97 Å². The lowest BCUT2D eigenvalue weighted by Crippen LogP contribution is -2.61. The standard InChI is InChI=1S/C62H111NO10/c1-4-7-10-13-16-19-22-25-27-28-29-30-31-34-37-40-43-46-49-55(66)61(70)63-53(54(65)48-45-42-39-36-33-24-21-18-15-12-9-6-3)52-71-62-60(59(69)58(68)56(51-64)72-62)73-57(67)50-47-44-41-38-35-32-26-23-20-17-14-11-8-5-2/h8,11,16-17,19-20,25,27,45,48,53-56,58-60,62,64-66,68-69H,4-7,9-10,12-15,18,21-24,26,28-44,46-47,49-52H2,1-3H3,(H,63,70)/b11-8+,19-16-,20-17+,27-25-,48-45+. The Morgan fingerprint density at radius 3 is 1.49 bits per heavy atom. The summed E-state index contributed by atoms with van der Waals surface area (Å²) in [4.78, 5) is 26.5. The van der Waals surface area contributed by atoms with E-state index >= 15 is 0 Å². The first-order valence-electron chi connectivity index (χ1n) is 30.1. The molecule has 1 fully saturated rings. The van der Waals surface area contributed by atoms with E-state index < -0.39 is 67.4 Å². The molecule has 1 aliphatic rings. The highest BCUT2D eigenvalue weighted by Gasteiger charge is 2.47. The van der Waals surface area contributed by atoms with Gasteiger partial charge in [-0.05, 0) is 83.5 Å². The van der Waals surface area contributed by atoms with Gasteiger partial charge in [-0.2, -0.15) is 0 Å². The van der Waals surface area contributed by atoms with Crippen molar-refractivity contribution in [3.05, 3.63) is 60.8 Å². The molecule has 0 bridgehead atoms. The fourth-order valence-corrected chi connectivity index (χ4v) is 9.13. The fraction of sp³-hybridized carbons (Fsp3) is 0.806. The molecule has 73 heavy (non-hydrogen) atoms. The quantitative estimate of drug-likeness (QED) is 0.0195. The molecule has 0 aromatic heterocycles. The third-order valence-electron chi connectivity index (χ3n) is 13.9. The van der Waals surface area contributed by atoms with Crippen LogP contribution in [0.3, 0.4) is 0 Å². The molecule has 1 aliphatic heterocycles. The summed E-state index contributed by atoms with van der Waals surface area (Å²) in [6.45, 7) is 5.65. The van der Waals surface area contributed by atoms with Crippen LogP contribution in [0.4, 0.5) is 0 Å². The number of unbranched alkanes of at least 4 members (excludes halogenated alkanes) is 28. The molecule has 11 nitrogen and oxygen atoms in total. The summed E-state index contributed by atoms with van der Waals surface area (Å²) < 4.78 is 17.6. The number of hydrogen-bond donors (Lipinski definition) is 6. The van der Waals surface area contributed by atoms with Crippen molar-refractivity contribution >= 4 is 11.9 Å². The number of carbonyl (C=O) groups is 2. The molecule has 1 amide bonds. The number of amides is 1. The molecule has 1 rings (SSSR count). The molecule has 1 heterocycles. The highest BCUT2D eigenvalue weighted by atomic mass is 16.7. The Labute approximate surface area is 446 Å². The maximum Gasteiger partial charge on any atom is 0.306 e. The van der Waals surface area contributed by atoms with E-state index in [0.29, 0.717) is 12.8 Å². The second-order valence-corrected chi connectivity index (χ2v) is 20.7. The summed E-state index contributed by atoms with van der Waals surface area (Å²) in [5.41, 5.74) is 0. The smallest absolute Gasteiger partial charge is 0.306 e. The van der Waals surface area contributed by atoms with Gasteiger partial charge in [0.15, 0.2) is 12.4 Å². The molecule has 0 saturated carbocycles. The maximum atomic E-state index is 13.4. The molecule has 0 aromatic carbocycles. The van der Waals surface area contributed by atoms with E-state index in [1.165, 1.54) is 116 Å². The van der Waals surface area contributed by atoms with Crippen LogP contribution in [0.15, 0.2) is 60.8 Å². The predicted octanol–water partition coefficient (Wildman–Crippen LogP) is 13.8. The highest BCUT2D eigenvalue weighted by molar-refractivity contribution is 5.80. The van der Waals surface area contributed by atoms with Crippen LogP contribution in [-0.4, -0.2) is 99.6 Å². The zero-order valence-corrected chi connectivity index (χ0v) is 46.7. The van der Waals surface area contributed by atoms with Crippen molar-refractivity contribution in [2.75, 3.05) is 13.2 Å². The average Bonchev–Trinajstić information content (AvgIpc) is 3.39. The van der Waals surface area contributed by atoms with Crippen LogP contribution in [0, 0.1) is 0 Å². The molecule has 11 heteroatoms. The Balaban J connectivity index is 2.70. The van der Waals surface area contributed by atoms with Gasteiger partial charge < -0.3 is 45.1 Å². The van der Waals surface area contributed by atoms with Crippen LogP contribution < -0.4 is 5.32 Å². The second-order valence-electron chi connectivity index (χ2n) is 20.7. The lowest BCUT2D eigenvalue weighted by molar-refractivity contribution is -0.305. The number of rotatable bonds is 50. The van der Waals surface area contributed by atoms with Crippen LogP contribution in [0.25, 0.3) is 0 Å². The lowest BCUT2D eigenvalue weighted by atomic mass is 9.99. The van der Waals surface area contributed by atoms with Gasteiger partial charge in [0.1, 0.15) is 24.4 Å². The first-order valence-corrected chi connectivity index (χ1v) is 30.1. The number of ether oxygens (including phenoxy) is 3. The van der Waals surface area contributed by atoms with E-state index in [9.17, 15) is 35.1 Å². The molecule has 0 radical (unpaired) electrons. The van der Waals surface area contributed by atoms with Crippen molar-refractivity contribution in [2.45, 2.75) is 307 Å². The van der Waals surface area contributed by atoms with Gasteiger partial charge in [0.05, 0.1) is 25.4 Å². The minimum absolute atomic E-state index is 0.113. The van der Waals surface area contributed by atoms with Crippen molar-refractivity contribution in [3.63, 3.8) is 0 Å². The summed E-state index contributed by atoms with van der Waals surface area (Å²) in [6, 6.07) is -1.03. The van der Waals surface area contributed by atoms with E-state index in [0.717, 1.165) is 96.3 Å². The minimum Gasteiger partial charge on any atom is -0.454 e. The minimum atomic E-state index is -1.62. The number of aliphatic hydroxyl groups is 5. The molecule has 6 N–H and O–H groups in total. The zero-order valence-electron chi connectivity index (χ0n) is 46.7. The summed E-state index contributed by atoms with van der Waals surface area (Å²) in [5, 5.41) is 56.9. The molecular weight excluding hydrogens is 919 g/mol. The van der Waals surface area contributed by atoms with E-state index in [1.54, 1.807) is 6.08 Å². The Morgan fingerprint density at radius 2 is 0.986 bits per heavy atom. The third kappa shape index (κ3) is 38.5. The summed E-state index contributed by atoms with van der Waals surface area (Å²) in [7, 11) is 0. The van der Waals surface area contributed by atoms with Gasteiger partial charge in [0, 0.05) is 6.42 Å². The van der Waals surface area contributed by atoms with Crippen molar-refractivity contribution in [2.24, 2.45) is 0 Å². The van der Waals surface area contributed by atoms with E-state index in [4.69, 9.17) is 14.2 Å². The molecule has 424 valence electrons. The predicted molar refractivity (Wildman–Crippen MR) is 301 cm³/mol. The molecule has 0 aromatic rings. The average molecular weight is 1030 g/mol. The van der Waals surface area contributed by atoms with Crippen molar-refractivity contribution in [3.8, 4) is 0 Å². The topological polar surface area (TPSA) is 175 Å². The number of aliphatic hydroxyl groups excluding tert-OH is 5. The Hall–Kier alpha value is -2.64. The third-order valence-corrected chi connectivity index (χ3v) is 13.9. The first-order chi connectivity index (χ1) is 35.7. The van der Waals surface area contributed by atoms with Crippen molar-refractivity contribution < 1.29 is 49.3 Å². The van der Waals surface area contributed by atoms with Gasteiger partial charge in [-0.25, -0.2) is 0 Å². The molecule has 8 atom stereocenters. The largest absolute Gasteiger partial charge is 0.454 e. The summed E-state index contributed by atoms with van der Waals surface area (Å²) in [6.07, 6.45) is 51.1. The monoisotopic (exact) mass is 1030 g/mol. The Bertz CT molecular complexity index is 1420. The Kier molecular flexibility index (Phi) is 47.0. The molecule has 0 spiro atoms. The molecule has 0 aliphatic carbocycles.